The number of carboxylic acid groups (broad SMARTS) is 1. The van der Waals surface area contributed by atoms with E-state index in [9.17, 15) is 4.79 Å². The van der Waals surface area contributed by atoms with Crippen LogP contribution in [0.15, 0.2) is 18.5 Å². The molecule has 2 aromatic heterocycles. The molecular weight excluding hydrogens is 276 g/mol. The van der Waals surface area contributed by atoms with Crippen LogP contribution in [0.4, 0.5) is 11.5 Å². The van der Waals surface area contributed by atoms with Gasteiger partial charge >= 0.3 is 5.97 Å². The summed E-state index contributed by atoms with van der Waals surface area (Å²) in [7, 11) is 0. The Morgan fingerprint density at radius 1 is 1.55 bits per heavy atom. The fraction of sp³-hybridized carbons (Fsp3) is 0.308. The molecule has 0 spiro atoms. The molecule has 0 aliphatic rings. The van der Waals surface area contributed by atoms with E-state index in [1.165, 1.54) is 17.1 Å². The quantitative estimate of drug-likeness (QED) is 0.783. The average Bonchev–Trinajstić information content (AvgIpc) is 2.89. The third kappa shape index (κ3) is 2.88. The highest BCUT2D eigenvalue weighted by molar-refractivity contribution is 7.11. The summed E-state index contributed by atoms with van der Waals surface area (Å²) in [6.07, 6.45) is 4.22. The van der Waals surface area contributed by atoms with Crippen LogP contribution >= 0.6 is 11.3 Å². The summed E-state index contributed by atoms with van der Waals surface area (Å²) in [6, 6.07) is 1.30. The van der Waals surface area contributed by atoms with Crippen molar-refractivity contribution in [2.24, 2.45) is 0 Å². The smallest absolute Gasteiger partial charge is 0.337 e. The highest BCUT2D eigenvalue weighted by Gasteiger charge is 2.16. The van der Waals surface area contributed by atoms with Crippen molar-refractivity contribution in [3.8, 4) is 0 Å². The van der Waals surface area contributed by atoms with Gasteiger partial charge in [0.15, 0.2) is 5.82 Å². The van der Waals surface area contributed by atoms with Crippen LogP contribution in [0.25, 0.3) is 0 Å². The Kier molecular flexibility index (Phi) is 4.19. The van der Waals surface area contributed by atoms with Crippen molar-refractivity contribution in [3.63, 3.8) is 0 Å². The minimum atomic E-state index is -1.07. The van der Waals surface area contributed by atoms with Crippen molar-refractivity contribution < 1.29 is 9.90 Å². The van der Waals surface area contributed by atoms with Gasteiger partial charge in [0, 0.05) is 17.3 Å². The number of rotatable bonds is 5. The van der Waals surface area contributed by atoms with Crippen LogP contribution in [0.2, 0.25) is 0 Å². The highest BCUT2D eigenvalue weighted by Crippen LogP contribution is 2.27. The molecule has 0 aliphatic heterocycles. The van der Waals surface area contributed by atoms with Gasteiger partial charge in [-0.2, -0.15) is 0 Å². The van der Waals surface area contributed by atoms with Crippen LogP contribution in [0.5, 0.6) is 0 Å². The Balaban J connectivity index is 2.21. The number of thiazole rings is 1. The molecule has 0 bridgehead atoms. The molecule has 0 aromatic carbocycles. The SMILES string of the molecule is CCc1cnc(C(C)Nc2nccc(C(=O)O)c2N)s1. The summed E-state index contributed by atoms with van der Waals surface area (Å²) in [5.74, 6) is -0.700. The molecule has 0 saturated carbocycles. The largest absolute Gasteiger partial charge is 0.478 e. The van der Waals surface area contributed by atoms with Crippen LogP contribution in [-0.4, -0.2) is 21.0 Å². The molecule has 0 saturated heterocycles. The van der Waals surface area contributed by atoms with Crippen molar-refractivity contribution >= 4 is 28.8 Å². The molecule has 2 heterocycles. The van der Waals surface area contributed by atoms with Crippen molar-refractivity contribution in [1.29, 1.82) is 0 Å². The lowest BCUT2D eigenvalue weighted by molar-refractivity contribution is 0.0698. The van der Waals surface area contributed by atoms with Gasteiger partial charge in [-0.15, -0.1) is 11.3 Å². The number of carbonyl (C=O) groups is 1. The number of nitrogens with one attached hydrogen (secondary N) is 1. The van der Waals surface area contributed by atoms with Gasteiger partial charge in [0.2, 0.25) is 0 Å². The van der Waals surface area contributed by atoms with Gasteiger partial charge in [0.05, 0.1) is 17.3 Å². The van der Waals surface area contributed by atoms with Crippen LogP contribution < -0.4 is 11.1 Å². The lowest BCUT2D eigenvalue weighted by atomic mass is 10.2. The zero-order chi connectivity index (χ0) is 14.7. The summed E-state index contributed by atoms with van der Waals surface area (Å²) in [4.78, 5) is 20.7. The third-order valence-corrected chi connectivity index (χ3v) is 4.19. The van der Waals surface area contributed by atoms with E-state index < -0.39 is 5.97 Å². The van der Waals surface area contributed by atoms with Crippen molar-refractivity contribution in [2.75, 3.05) is 11.1 Å². The molecule has 6 nitrogen and oxygen atoms in total. The van der Waals surface area contributed by atoms with E-state index in [0.29, 0.717) is 5.82 Å². The first-order valence-electron chi connectivity index (χ1n) is 6.21. The molecular formula is C13H16N4O2S. The predicted octanol–water partition coefficient (Wildman–Crippen LogP) is 2.55. The van der Waals surface area contributed by atoms with Crippen molar-refractivity contribution in [1.82, 2.24) is 9.97 Å². The predicted molar refractivity (Wildman–Crippen MR) is 79.1 cm³/mol. The van der Waals surface area contributed by atoms with E-state index in [-0.39, 0.29) is 17.3 Å². The standard InChI is InChI=1S/C13H16N4O2S/c1-3-8-6-16-12(20-8)7(2)17-11-10(14)9(13(18)19)4-5-15-11/h4-7H,3,14H2,1-2H3,(H,15,17)(H,18,19). The van der Waals surface area contributed by atoms with E-state index in [2.05, 4.69) is 22.2 Å². The fourth-order valence-corrected chi connectivity index (χ4v) is 2.59. The molecule has 0 fully saturated rings. The van der Waals surface area contributed by atoms with Gasteiger partial charge in [-0.3, -0.25) is 0 Å². The molecule has 1 atom stereocenters. The fourth-order valence-electron chi connectivity index (χ4n) is 1.73. The number of nitrogens with zero attached hydrogens (tertiary/aromatic N) is 2. The number of hydrogen-bond donors (Lipinski definition) is 3. The molecule has 7 heteroatoms. The maximum atomic E-state index is 11.0. The summed E-state index contributed by atoms with van der Waals surface area (Å²) in [5, 5.41) is 13.1. The van der Waals surface area contributed by atoms with E-state index in [1.54, 1.807) is 11.3 Å². The number of nitrogens with two attached hydrogens (primary N) is 1. The number of hydrogen-bond acceptors (Lipinski definition) is 6. The van der Waals surface area contributed by atoms with Crippen LogP contribution in [-0.2, 0) is 6.42 Å². The lowest BCUT2D eigenvalue weighted by Gasteiger charge is -2.14. The number of aromatic carboxylic acids is 1. The zero-order valence-corrected chi connectivity index (χ0v) is 12.1. The number of carboxylic acids is 1. The molecule has 106 valence electrons. The molecule has 1 unspecified atom stereocenters. The Morgan fingerprint density at radius 3 is 2.90 bits per heavy atom. The van der Waals surface area contributed by atoms with Crippen molar-refractivity contribution in [3.05, 3.63) is 33.9 Å². The first-order chi connectivity index (χ1) is 9.52. The first kappa shape index (κ1) is 14.3. The Morgan fingerprint density at radius 2 is 2.30 bits per heavy atom. The summed E-state index contributed by atoms with van der Waals surface area (Å²) in [6.45, 7) is 4.01. The van der Waals surface area contributed by atoms with Gasteiger partial charge in [-0.05, 0) is 19.4 Å². The molecule has 0 amide bonds. The number of aromatic nitrogens is 2. The van der Waals surface area contributed by atoms with E-state index in [1.807, 2.05) is 13.1 Å². The van der Waals surface area contributed by atoms with Gasteiger partial charge in [0.25, 0.3) is 0 Å². The summed E-state index contributed by atoms with van der Waals surface area (Å²) < 4.78 is 0. The molecule has 0 aliphatic carbocycles. The van der Waals surface area contributed by atoms with Crippen LogP contribution in [0, 0.1) is 0 Å². The second-order valence-electron chi connectivity index (χ2n) is 4.31. The second-order valence-corrected chi connectivity index (χ2v) is 5.46. The first-order valence-corrected chi connectivity index (χ1v) is 7.03. The van der Waals surface area contributed by atoms with E-state index in [4.69, 9.17) is 10.8 Å². The molecule has 0 radical (unpaired) electrons. The summed E-state index contributed by atoms with van der Waals surface area (Å²) in [5.41, 5.74) is 6.00. The van der Waals surface area contributed by atoms with Gasteiger partial charge in [-0.25, -0.2) is 14.8 Å². The molecule has 2 aromatic rings. The van der Waals surface area contributed by atoms with Gasteiger partial charge in [0.1, 0.15) is 5.01 Å². The van der Waals surface area contributed by atoms with Gasteiger partial charge in [-0.1, -0.05) is 6.92 Å². The normalized spacial score (nSPS) is 12.1. The minimum Gasteiger partial charge on any atom is -0.478 e. The number of anilines is 2. The van der Waals surface area contributed by atoms with Crippen LogP contribution in [0.3, 0.4) is 0 Å². The summed E-state index contributed by atoms with van der Waals surface area (Å²) >= 11 is 1.62. The van der Waals surface area contributed by atoms with Crippen LogP contribution in [0.1, 0.15) is 40.1 Å². The van der Waals surface area contributed by atoms with Crippen molar-refractivity contribution in [2.45, 2.75) is 26.3 Å². The van der Waals surface area contributed by atoms with E-state index >= 15 is 0 Å². The average molecular weight is 292 g/mol. The number of pyridine rings is 1. The lowest BCUT2D eigenvalue weighted by Crippen LogP contribution is -2.12. The minimum absolute atomic E-state index is 0.0445. The Bertz CT molecular complexity index is 627. The number of nitrogen functional groups attached to an aromatic ring is 1. The Hall–Kier alpha value is -2.15. The van der Waals surface area contributed by atoms with Gasteiger partial charge < -0.3 is 16.2 Å². The molecule has 4 N–H and O–H groups in total. The van der Waals surface area contributed by atoms with E-state index in [0.717, 1.165) is 11.4 Å². The number of aryl methyl sites for hydroxylation is 1. The molecule has 20 heavy (non-hydrogen) atoms. The Labute approximate surface area is 120 Å². The zero-order valence-electron chi connectivity index (χ0n) is 11.3. The molecule has 2 rings (SSSR count). The topological polar surface area (TPSA) is 101 Å². The second kappa shape index (κ2) is 5.87. The third-order valence-electron chi connectivity index (χ3n) is 2.86. The monoisotopic (exact) mass is 292 g/mol. The maximum Gasteiger partial charge on any atom is 0.337 e. The maximum absolute atomic E-state index is 11.0. The highest BCUT2D eigenvalue weighted by atomic mass is 32.1.